The maximum Gasteiger partial charge on any atom is 0.330 e. The minimum absolute atomic E-state index is 0.108. The van der Waals surface area contributed by atoms with E-state index in [-0.39, 0.29) is 11.9 Å². The van der Waals surface area contributed by atoms with Crippen molar-refractivity contribution < 1.29 is 23.8 Å². The highest BCUT2D eigenvalue weighted by Crippen LogP contribution is 2.15. The van der Waals surface area contributed by atoms with Crippen molar-refractivity contribution in [3.8, 4) is 11.5 Å². The summed E-state index contributed by atoms with van der Waals surface area (Å²) >= 11 is 0. The third kappa shape index (κ3) is 10.2. The summed E-state index contributed by atoms with van der Waals surface area (Å²) in [6, 6.07) is 25.5. The van der Waals surface area contributed by atoms with Crippen LogP contribution >= 0.6 is 0 Å². The molecule has 0 radical (unpaired) electrons. The van der Waals surface area contributed by atoms with Crippen molar-refractivity contribution in [3.63, 3.8) is 0 Å². The molecule has 0 aliphatic carbocycles. The molecule has 0 unspecified atom stereocenters. The van der Waals surface area contributed by atoms with Gasteiger partial charge in [0.1, 0.15) is 11.5 Å². The number of rotatable bonds is 14. The Hall–Kier alpha value is -4.06. The predicted octanol–water partition coefficient (Wildman–Crippen LogP) is 5.35. The van der Waals surface area contributed by atoms with Gasteiger partial charge in [0.05, 0.1) is 26.7 Å². The first kappa shape index (κ1) is 27.5. The van der Waals surface area contributed by atoms with Gasteiger partial charge in [0.25, 0.3) is 0 Å². The van der Waals surface area contributed by atoms with Gasteiger partial charge in [0.15, 0.2) is 0 Å². The molecular formula is C31H35NO5. The van der Waals surface area contributed by atoms with Gasteiger partial charge in [0, 0.05) is 19.7 Å². The fourth-order valence-electron chi connectivity index (χ4n) is 3.57. The molecule has 0 aromatic heterocycles. The summed E-state index contributed by atoms with van der Waals surface area (Å²) in [5.41, 5.74) is 3.11. The molecule has 0 aliphatic heterocycles. The molecule has 0 atom stereocenters. The maximum atomic E-state index is 12.5. The molecule has 3 rings (SSSR count). The van der Waals surface area contributed by atoms with Crippen LogP contribution < -0.4 is 9.47 Å². The highest BCUT2D eigenvalue weighted by molar-refractivity contribution is 5.86. The third-order valence-corrected chi connectivity index (χ3v) is 5.85. The van der Waals surface area contributed by atoms with Gasteiger partial charge >= 0.3 is 5.97 Å². The van der Waals surface area contributed by atoms with Gasteiger partial charge in [-0.2, -0.15) is 0 Å². The lowest BCUT2D eigenvalue weighted by Crippen LogP contribution is -2.30. The first-order valence-corrected chi connectivity index (χ1v) is 12.5. The number of hydrogen-bond donors (Lipinski definition) is 0. The topological polar surface area (TPSA) is 65.1 Å². The zero-order valence-corrected chi connectivity index (χ0v) is 21.6. The van der Waals surface area contributed by atoms with Crippen LogP contribution in [-0.4, -0.2) is 50.7 Å². The van der Waals surface area contributed by atoms with Crippen LogP contribution in [0.15, 0.2) is 84.9 Å². The van der Waals surface area contributed by atoms with Gasteiger partial charge < -0.3 is 19.1 Å². The normalized spacial score (nSPS) is 10.8. The van der Waals surface area contributed by atoms with E-state index in [1.54, 1.807) is 11.0 Å². The Labute approximate surface area is 219 Å². The van der Waals surface area contributed by atoms with Crippen LogP contribution in [0.1, 0.15) is 29.5 Å². The van der Waals surface area contributed by atoms with Gasteiger partial charge in [-0.3, -0.25) is 4.79 Å². The van der Waals surface area contributed by atoms with Crippen molar-refractivity contribution in [1.29, 1.82) is 0 Å². The SMILES string of the molecule is COC(=O)/C=C/c1ccc(OCCCCOc2ccc(CC(=O)N(C)CCc3ccccc3)cc2)cc1. The summed E-state index contributed by atoms with van der Waals surface area (Å²) in [7, 11) is 3.20. The lowest BCUT2D eigenvalue weighted by atomic mass is 10.1. The Morgan fingerprint density at radius 2 is 1.38 bits per heavy atom. The number of unbranched alkanes of at least 4 members (excludes halogenated alkanes) is 1. The van der Waals surface area contributed by atoms with Crippen molar-refractivity contribution in [2.24, 2.45) is 0 Å². The summed E-state index contributed by atoms with van der Waals surface area (Å²) in [5, 5.41) is 0. The molecular weight excluding hydrogens is 466 g/mol. The molecule has 0 heterocycles. The molecule has 1 amide bonds. The molecule has 0 N–H and O–H groups in total. The van der Waals surface area contributed by atoms with Crippen molar-refractivity contribution in [2.45, 2.75) is 25.7 Å². The average Bonchev–Trinajstić information content (AvgIpc) is 2.94. The van der Waals surface area contributed by atoms with Crippen molar-refractivity contribution in [2.75, 3.05) is 33.9 Å². The molecule has 0 bridgehead atoms. The Morgan fingerprint density at radius 1 is 0.784 bits per heavy atom. The van der Waals surface area contributed by atoms with Gasteiger partial charge in [-0.15, -0.1) is 0 Å². The Kier molecular flexibility index (Phi) is 11.3. The number of amides is 1. The van der Waals surface area contributed by atoms with Crippen LogP contribution in [0.3, 0.4) is 0 Å². The van der Waals surface area contributed by atoms with E-state index in [4.69, 9.17) is 9.47 Å². The van der Waals surface area contributed by atoms with Crippen LogP contribution in [0.25, 0.3) is 6.08 Å². The van der Waals surface area contributed by atoms with E-state index in [0.717, 1.165) is 41.9 Å². The maximum absolute atomic E-state index is 12.5. The number of methoxy groups -OCH3 is 1. The number of benzene rings is 3. The van der Waals surface area contributed by atoms with Gasteiger partial charge in [0.2, 0.25) is 5.91 Å². The molecule has 6 heteroatoms. The summed E-state index contributed by atoms with van der Waals surface area (Å²) < 4.78 is 16.2. The van der Waals surface area contributed by atoms with E-state index in [1.807, 2.05) is 73.8 Å². The molecule has 37 heavy (non-hydrogen) atoms. The lowest BCUT2D eigenvalue weighted by Gasteiger charge is -2.17. The van der Waals surface area contributed by atoms with Crippen molar-refractivity contribution >= 4 is 18.0 Å². The Bertz CT molecular complexity index is 1120. The standard InChI is InChI=1S/C31H35NO5/c1-32(21-20-25-8-4-3-5-9-25)30(33)24-27-12-17-29(18-13-27)37-23-7-6-22-36-28-15-10-26(11-16-28)14-19-31(34)35-2/h3-5,8-19H,6-7,20-24H2,1-2H3/b19-14+. The van der Waals surface area contributed by atoms with E-state index in [1.165, 1.54) is 18.7 Å². The molecule has 194 valence electrons. The number of nitrogens with zero attached hydrogens (tertiary/aromatic N) is 1. The number of likely N-dealkylation sites (N-methyl/N-ethyl adjacent to an activating group) is 1. The summed E-state index contributed by atoms with van der Waals surface area (Å²) in [6.07, 6.45) is 6.05. The minimum Gasteiger partial charge on any atom is -0.494 e. The molecule has 0 aliphatic rings. The van der Waals surface area contributed by atoms with E-state index < -0.39 is 0 Å². The third-order valence-electron chi connectivity index (χ3n) is 5.85. The fraction of sp³-hybridized carbons (Fsp3) is 0.290. The number of ether oxygens (including phenoxy) is 3. The summed E-state index contributed by atoms with van der Waals surface area (Å²) in [5.74, 6) is 1.31. The van der Waals surface area contributed by atoms with Gasteiger partial charge in [-0.25, -0.2) is 4.79 Å². The van der Waals surface area contributed by atoms with E-state index in [2.05, 4.69) is 16.9 Å². The number of esters is 1. The molecule has 3 aromatic carbocycles. The van der Waals surface area contributed by atoms with Crippen LogP contribution in [0.5, 0.6) is 11.5 Å². The molecule has 0 saturated heterocycles. The second-order valence-electron chi connectivity index (χ2n) is 8.70. The van der Waals surface area contributed by atoms with E-state index in [9.17, 15) is 9.59 Å². The second kappa shape index (κ2) is 15.1. The Balaban J connectivity index is 1.29. The Morgan fingerprint density at radius 3 is 1.97 bits per heavy atom. The van der Waals surface area contributed by atoms with Crippen LogP contribution in [0.2, 0.25) is 0 Å². The smallest absolute Gasteiger partial charge is 0.330 e. The van der Waals surface area contributed by atoms with Crippen molar-refractivity contribution in [1.82, 2.24) is 4.90 Å². The number of carbonyl (C=O) groups is 2. The summed E-state index contributed by atoms with van der Waals surface area (Å²) in [4.78, 5) is 25.5. The van der Waals surface area contributed by atoms with Gasteiger partial charge in [-0.05, 0) is 66.3 Å². The molecule has 0 fully saturated rings. The fourth-order valence-corrected chi connectivity index (χ4v) is 3.57. The molecule has 3 aromatic rings. The zero-order chi connectivity index (χ0) is 26.3. The number of hydrogen-bond acceptors (Lipinski definition) is 5. The van der Waals surface area contributed by atoms with Crippen LogP contribution in [0.4, 0.5) is 0 Å². The lowest BCUT2D eigenvalue weighted by molar-refractivity contribution is -0.134. The number of carbonyl (C=O) groups excluding carboxylic acids is 2. The molecule has 6 nitrogen and oxygen atoms in total. The first-order valence-electron chi connectivity index (χ1n) is 12.5. The highest BCUT2D eigenvalue weighted by atomic mass is 16.5. The quantitative estimate of drug-likeness (QED) is 0.169. The van der Waals surface area contributed by atoms with Gasteiger partial charge in [-0.1, -0.05) is 54.6 Å². The predicted molar refractivity (Wildman–Crippen MR) is 146 cm³/mol. The van der Waals surface area contributed by atoms with Crippen molar-refractivity contribution in [3.05, 3.63) is 102 Å². The second-order valence-corrected chi connectivity index (χ2v) is 8.70. The average molecular weight is 502 g/mol. The molecule has 0 spiro atoms. The highest BCUT2D eigenvalue weighted by Gasteiger charge is 2.10. The largest absolute Gasteiger partial charge is 0.494 e. The molecule has 0 saturated carbocycles. The first-order chi connectivity index (χ1) is 18.0. The summed E-state index contributed by atoms with van der Waals surface area (Å²) in [6.45, 7) is 1.90. The van der Waals surface area contributed by atoms with Crippen LogP contribution in [0, 0.1) is 0 Å². The van der Waals surface area contributed by atoms with E-state index >= 15 is 0 Å². The zero-order valence-electron chi connectivity index (χ0n) is 21.6. The van der Waals surface area contributed by atoms with Crippen LogP contribution in [-0.2, 0) is 27.2 Å². The minimum atomic E-state index is -0.383. The van der Waals surface area contributed by atoms with E-state index in [0.29, 0.717) is 26.2 Å². The monoisotopic (exact) mass is 501 g/mol.